The highest BCUT2D eigenvalue weighted by Gasteiger charge is 2.36. The molecule has 31 heavy (non-hydrogen) atoms. The van der Waals surface area contributed by atoms with E-state index in [4.69, 9.17) is 18.9 Å². The fraction of sp³-hybridized carbons (Fsp3) is 0.208. The second-order valence-corrected chi connectivity index (χ2v) is 7.36. The predicted octanol–water partition coefficient (Wildman–Crippen LogP) is 4.20. The molecule has 2 aliphatic rings. The Kier molecular flexibility index (Phi) is 4.78. The van der Waals surface area contributed by atoms with Gasteiger partial charge in [0.05, 0.1) is 14.2 Å². The SMILES string of the molecule is COc1cc(N[C@H]2c3ccccc3C(=O)N2Cc2ccc3c(c2)OCO3)cc(OC)c1. The van der Waals surface area contributed by atoms with E-state index in [1.165, 1.54) is 0 Å². The minimum Gasteiger partial charge on any atom is -0.497 e. The number of amides is 1. The largest absolute Gasteiger partial charge is 0.497 e. The maximum absolute atomic E-state index is 13.3. The van der Waals surface area contributed by atoms with Crippen LogP contribution in [0.5, 0.6) is 23.0 Å². The second kappa shape index (κ2) is 7.75. The van der Waals surface area contributed by atoms with Crippen molar-refractivity contribution in [1.29, 1.82) is 0 Å². The fourth-order valence-corrected chi connectivity index (χ4v) is 3.97. The molecule has 0 unspecified atom stereocenters. The summed E-state index contributed by atoms with van der Waals surface area (Å²) in [5, 5.41) is 3.49. The van der Waals surface area contributed by atoms with Gasteiger partial charge in [-0.25, -0.2) is 0 Å². The van der Waals surface area contributed by atoms with Crippen LogP contribution in [0.3, 0.4) is 0 Å². The van der Waals surface area contributed by atoms with Crippen LogP contribution in [-0.2, 0) is 6.54 Å². The minimum atomic E-state index is -0.342. The minimum absolute atomic E-state index is 0.0272. The third-order valence-corrected chi connectivity index (χ3v) is 5.50. The molecule has 2 aliphatic heterocycles. The van der Waals surface area contributed by atoms with Gasteiger partial charge in [0.25, 0.3) is 5.91 Å². The van der Waals surface area contributed by atoms with E-state index < -0.39 is 0 Å². The van der Waals surface area contributed by atoms with E-state index in [2.05, 4.69) is 5.32 Å². The van der Waals surface area contributed by atoms with Crippen LogP contribution in [0.4, 0.5) is 5.69 Å². The summed E-state index contributed by atoms with van der Waals surface area (Å²) in [6.45, 7) is 0.637. The van der Waals surface area contributed by atoms with E-state index in [0.717, 1.165) is 22.6 Å². The predicted molar refractivity (Wildman–Crippen MR) is 115 cm³/mol. The van der Waals surface area contributed by atoms with Gasteiger partial charge in [-0.05, 0) is 23.8 Å². The summed E-state index contributed by atoms with van der Waals surface area (Å²) < 4.78 is 21.7. The van der Waals surface area contributed by atoms with Crippen molar-refractivity contribution in [3.63, 3.8) is 0 Å². The molecule has 0 aliphatic carbocycles. The van der Waals surface area contributed by atoms with Crippen LogP contribution in [-0.4, -0.2) is 31.8 Å². The summed E-state index contributed by atoms with van der Waals surface area (Å²) >= 11 is 0. The molecule has 1 atom stereocenters. The molecule has 158 valence electrons. The van der Waals surface area contributed by atoms with E-state index in [1.54, 1.807) is 14.2 Å². The van der Waals surface area contributed by atoms with Crippen molar-refractivity contribution in [2.24, 2.45) is 0 Å². The number of nitrogens with one attached hydrogen (secondary N) is 1. The summed E-state index contributed by atoms with van der Waals surface area (Å²) in [6, 6.07) is 19.0. The Morgan fingerprint density at radius 2 is 1.71 bits per heavy atom. The topological polar surface area (TPSA) is 69.3 Å². The quantitative estimate of drug-likeness (QED) is 0.647. The lowest BCUT2D eigenvalue weighted by atomic mass is 10.1. The molecule has 1 N–H and O–H groups in total. The normalized spacial score (nSPS) is 16.3. The molecular formula is C24H22N2O5. The number of nitrogens with zero attached hydrogens (tertiary/aromatic N) is 1. The standard InChI is InChI=1S/C24H22N2O5/c1-28-17-10-16(11-18(12-17)29-2)25-23-19-5-3-4-6-20(19)24(27)26(23)13-15-7-8-21-22(9-15)31-14-30-21/h3-12,23,25H,13-14H2,1-2H3/t23-/m1/s1. The first kappa shape index (κ1) is 19.1. The van der Waals surface area contributed by atoms with E-state index in [9.17, 15) is 4.79 Å². The zero-order chi connectivity index (χ0) is 21.4. The van der Waals surface area contributed by atoms with Gasteiger partial charge in [-0.15, -0.1) is 0 Å². The molecule has 3 aromatic carbocycles. The highest BCUT2D eigenvalue weighted by molar-refractivity contribution is 5.99. The van der Waals surface area contributed by atoms with E-state index in [-0.39, 0.29) is 18.9 Å². The first-order chi connectivity index (χ1) is 15.2. The van der Waals surface area contributed by atoms with Crippen LogP contribution in [0.2, 0.25) is 0 Å². The van der Waals surface area contributed by atoms with Crippen molar-refractivity contribution in [2.45, 2.75) is 12.7 Å². The number of carbonyl (C=O) groups excluding carboxylic acids is 1. The Morgan fingerprint density at radius 3 is 2.48 bits per heavy atom. The molecule has 5 rings (SSSR count). The van der Waals surface area contributed by atoms with Crippen LogP contribution < -0.4 is 24.3 Å². The molecule has 0 radical (unpaired) electrons. The Hall–Kier alpha value is -3.87. The highest BCUT2D eigenvalue weighted by Crippen LogP contribution is 2.38. The molecule has 2 heterocycles. The maximum Gasteiger partial charge on any atom is 0.256 e. The average molecular weight is 418 g/mol. The summed E-state index contributed by atoms with van der Waals surface area (Å²) in [5.74, 6) is 2.73. The molecule has 0 saturated carbocycles. The van der Waals surface area contributed by atoms with Gasteiger partial charge in [-0.3, -0.25) is 4.79 Å². The van der Waals surface area contributed by atoms with Gasteiger partial charge in [0, 0.05) is 41.6 Å². The molecule has 0 spiro atoms. The molecule has 0 aromatic heterocycles. The third kappa shape index (κ3) is 3.48. The van der Waals surface area contributed by atoms with Gasteiger partial charge < -0.3 is 29.2 Å². The number of fused-ring (bicyclic) bond motifs is 2. The van der Waals surface area contributed by atoms with E-state index in [0.29, 0.717) is 29.4 Å². The molecule has 0 bridgehead atoms. The number of benzene rings is 3. The first-order valence-electron chi connectivity index (χ1n) is 9.94. The number of hydrogen-bond donors (Lipinski definition) is 1. The van der Waals surface area contributed by atoms with Gasteiger partial charge in [0.15, 0.2) is 11.5 Å². The van der Waals surface area contributed by atoms with Crippen LogP contribution in [0.1, 0.15) is 27.7 Å². The number of hydrogen-bond acceptors (Lipinski definition) is 6. The molecule has 7 nitrogen and oxygen atoms in total. The van der Waals surface area contributed by atoms with Crippen molar-refractivity contribution in [3.05, 3.63) is 77.4 Å². The van der Waals surface area contributed by atoms with Gasteiger partial charge in [0.2, 0.25) is 6.79 Å². The third-order valence-electron chi connectivity index (χ3n) is 5.50. The van der Waals surface area contributed by atoms with Crippen LogP contribution in [0.15, 0.2) is 60.7 Å². The van der Waals surface area contributed by atoms with Crippen molar-refractivity contribution in [2.75, 3.05) is 26.3 Å². The van der Waals surface area contributed by atoms with Gasteiger partial charge >= 0.3 is 0 Å². The summed E-state index contributed by atoms with van der Waals surface area (Å²) in [7, 11) is 3.22. The van der Waals surface area contributed by atoms with Gasteiger partial charge in [-0.2, -0.15) is 0 Å². The summed E-state index contributed by atoms with van der Waals surface area (Å²) in [5.41, 5.74) is 3.37. The molecule has 1 amide bonds. The Labute approximate surface area is 180 Å². The zero-order valence-electron chi connectivity index (χ0n) is 17.3. The maximum atomic E-state index is 13.3. The summed E-state index contributed by atoms with van der Waals surface area (Å²) in [6.07, 6.45) is -0.342. The van der Waals surface area contributed by atoms with Crippen molar-refractivity contribution in [1.82, 2.24) is 4.90 Å². The molecular weight excluding hydrogens is 396 g/mol. The van der Waals surface area contributed by atoms with Crippen molar-refractivity contribution >= 4 is 11.6 Å². The monoisotopic (exact) mass is 418 g/mol. The number of ether oxygens (including phenoxy) is 4. The average Bonchev–Trinajstić information content (AvgIpc) is 3.37. The lowest BCUT2D eigenvalue weighted by molar-refractivity contribution is 0.0728. The van der Waals surface area contributed by atoms with E-state index in [1.807, 2.05) is 65.6 Å². The van der Waals surface area contributed by atoms with Crippen molar-refractivity contribution < 1.29 is 23.7 Å². The first-order valence-corrected chi connectivity index (χ1v) is 9.94. The second-order valence-electron chi connectivity index (χ2n) is 7.36. The molecule has 0 saturated heterocycles. The molecule has 7 heteroatoms. The Balaban J connectivity index is 1.49. The zero-order valence-corrected chi connectivity index (χ0v) is 17.3. The smallest absolute Gasteiger partial charge is 0.256 e. The number of carbonyl (C=O) groups is 1. The molecule has 3 aromatic rings. The van der Waals surface area contributed by atoms with Crippen LogP contribution in [0.25, 0.3) is 0 Å². The summed E-state index contributed by atoms with van der Waals surface area (Å²) in [4.78, 5) is 15.1. The lowest BCUT2D eigenvalue weighted by Gasteiger charge is -2.27. The highest BCUT2D eigenvalue weighted by atomic mass is 16.7. The number of anilines is 1. The lowest BCUT2D eigenvalue weighted by Crippen LogP contribution is -2.31. The van der Waals surface area contributed by atoms with Crippen LogP contribution in [0, 0.1) is 0 Å². The molecule has 0 fully saturated rings. The van der Waals surface area contributed by atoms with Gasteiger partial charge in [-0.1, -0.05) is 24.3 Å². The number of methoxy groups -OCH3 is 2. The van der Waals surface area contributed by atoms with Crippen molar-refractivity contribution in [3.8, 4) is 23.0 Å². The Morgan fingerprint density at radius 1 is 0.968 bits per heavy atom. The number of rotatable bonds is 6. The van der Waals surface area contributed by atoms with E-state index >= 15 is 0 Å². The van der Waals surface area contributed by atoms with Gasteiger partial charge in [0.1, 0.15) is 17.7 Å². The Bertz CT molecular complexity index is 1120. The fourth-order valence-electron chi connectivity index (χ4n) is 3.97. The van der Waals surface area contributed by atoms with Crippen LogP contribution >= 0.6 is 0 Å².